The molecule has 1 amide bonds. The number of rotatable bonds is 6. The van der Waals surface area contributed by atoms with E-state index in [1.54, 1.807) is 38.5 Å². The summed E-state index contributed by atoms with van der Waals surface area (Å²) in [7, 11) is 5.12. The number of nitrogens with one attached hydrogen (secondary N) is 1. The minimum absolute atomic E-state index is 0.0830. The Morgan fingerprint density at radius 1 is 1.07 bits per heavy atom. The zero-order valence-electron chi connectivity index (χ0n) is 18.1. The van der Waals surface area contributed by atoms with E-state index in [0.29, 0.717) is 35.0 Å². The maximum absolute atomic E-state index is 13.3. The van der Waals surface area contributed by atoms with Crippen molar-refractivity contribution < 1.29 is 19.1 Å². The quantitative estimate of drug-likeness (QED) is 0.732. The van der Waals surface area contributed by atoms with Gasteiger partial charge in [-0.05, 0) is 47.9 Å². The van der Waals surface area contributed by atoms with E-state index in [0.717, 1.165) is 17.5 Å². The minimum Gasteiger partial charge on any atom is -0.493 e. The number of benzene rings is 2. The van der Waals surface area contributed by atoms with Gasteiger partial charge >= 0.3 is 0 Å². The molecule has 3 rings (SSSR count). The van der Waals surface area contributed by atoms with Crippen LogP contribution in [-0.2, 0) is 11.2 Å². The van der Waals surface area contributed by atoms with Crippen LogP contribution in [0.15, 0.2) is 42.1 Å². The number of hydrogen-bond acceptors (Lipinski definition) is 5. The van der Waals surface area contributed by atoms with Crippen molar-refractivity contribution in [2.75, 3.05) is 33.1 Å². The number of Topliss-reactive ketones (excluding diaryl/α,β-unsaturated/α-hetero) is 1. The van der Waals surface area contributed by atoms with Crippen LogP contribution in [0.5, 0.6) is 11.5 Å². The van der Waals surface area contributed by atoms with Crippen LogP contribution in [0.3, 0.4) is 0 Å². The third-order valence-electron chi connectivity index (χ3n) is 5.21. The molecule has 158 valence electrons. The standard InChI is InChI=1S/C24H28N2O4/c1-15(2)24(28)25-19-8-6-7-17(11-19)23(27)20-12-18-14-22(30-5)21(29-4)13-16(18)9-10-26(20)3/h6-8,11-15H,9-10H2,1-5H3,(H,25,28). The van der Waals surface area contributed by atoms with E-state index in [1.807, 2.05) is 44.0 Å². The molecule has 0 saturated carbocycles. The first-order valence-electron chi connectivity index (χ1n) is 9.97. The van der Waals surface area contributed by atoms with Crippen molar-refractivity contribution in [1.29, 1.82) is 0 Å². The minimum atomic E-state index is -0.136. The number of methoxy groups -OCH3 is 2. The summed E-state index contributed by atoms with van der Waals surface area (Å²) < 4.78 is 10.8. The van der Waals surface area contributed by atoms with E-state index in [9.17, 15) is 9.59 Å². The van der Waals surface area contributed by atoms with Crippen LogP contribution in [-0.4, -0.2) is 44.4 Å². The summed E-state index contributed by atoms with van der Waals surface area (Å²) in [6.07, 6.45) is 2.68. The number of carbonyl (C=O) groups is 2. The molecule has 0 atom stereocenters. The van der Waals surface area contributed by atoms with Gasteiger partial charge in [0.05, 0.1) is 19.9 Å². The Bertz CT molecular complexity index is 995. The highest BCUT2D eigenvalue weighted by atomic mass is 16.5. The fraction of sp³-hybridized carbons (Fsp3) is 0.333. The molecule has 0 aromatic heterocycles. The maximum Gasteiger partial charge on any atom is 0.226 e. The number of anilines is 1. The number of amides is 1. The van der Waals surface area contributed by atoms with E-state index in [1.165, 1.54) is 0 Å². The van der Waals surface area contributed by atoms with Gasteiger partial charge in [0, 0.05) is 30.8 Å². The first-order valence-corrected chi connectivity index (χ1v) is 9.97. The van der Waals surface area contributed by atoms with Gasteiger partial charge in [0.2, 0.25) is 11.7 Å². The molecule has 0 aliphatic carbocycles. The molecule has 0 spiro atoms. The molecular formula is C24H28N2O4. The molecule has 0 fully saturated rings. The van der Waals surface area contributed by atoms with Gasteiger partial charge in [-0.1, -0.05) is 26.0 Å². The lowest BCUT2D eigenvalue weighted by Gasteiger charge is -2.20. The summed E-state index contributed by atoms with van der Waals surface area (Å²) in [5, 5.41) is 2.85. The number of nitrogens with zero attached hydrogens (tertiary/aromatic N) is 1. The Hall–Kier alpha value is -3.28. The van der Waals surface area contributed by atoms with Gasteiger partial charge in [0.15, 0.2) is 11.5 Å². The summed E-state index contributed by atoms with van der Waals surface area (Å²) in [5.41, 5.74) is 3.76. The third kappa shape index (κ3) is 4.48. The number of hydrogen-bond donors (Lipinski definition) is 1. The molecule has 30 heavy (non-hydrogen) atoms. The Balaban J connectivity index is 1.97. The number of fused-ring (bicyclic) bond motifs is 1. The zero-order chi connectivity index (χ0) is 21.8. The van der Waals surface area contributed by atoms with Gasteiger partial charge in [-0.25, -0.2) is 0 Å². The highest BCUT2D eigenvalue weighted by Gasteiger charge is 2.22. The lowest BCUT2D eigenvalue weighted by molar-refractivity contribution is -0.118. The van der Waals surface area contributed by atoms with Crippen LogP contribution in [0, 0.1) is 5.92 Å². The van der Waals surface area contributed by atoms with Gasteiger partial charge in [-0.3, -0.25) is 9.59 Å². The SMILES string of the molecule is COc1cc2c(cc1OC)CCN(C)C(C(=O)c1cccc(NC(=O)C(C)C)c1)=C2. The molecule has 1 heterocycles. The predicted molar refractivity (Wildman–Crippen MR) is 118 cm³/mol. The zero-order valence-corrected chi connectivity index (χ0v) is 18.1. The van der Waals surface area contributed by atoms with E-state index in [-0.39, 0.29) is 17.6 Å². The number of likely N-dealkylation sites (N-methyl/N-ethyl adjacent to an activating group) is 1. The Morgan fingerprint density at radius 3 is 2.43 bits per heavy atom. The molecule has 2 aromatic carbocycles. The van der Waals surface area contributed by atoms with Crippen molar-refractivity contribution in [2.24, 2.45) is 5.92 Å². The molecule has 0 bridgehead atoms. The lowest BCUT2D eigenvalue weighted by Crippen LogP contribution is -2.25. The average Bonchev–Trinajstić information content (AvgIpc) is 2.90. The number of ether oxygens (including phenoxy) is 2. The number of allylic oxidation sites excluding steroid dienone is 1. The molecular weight excluding hydrogens is 380 g/mol. The molecule has 0 saturated heterocycles. The summed E-state index contributed by atoms with van der Waals surface area (Å²) >= 11 is 0. The highest BCUT2D eigenvalue weighted by molar-refractivity contribution is 6.11. The Kier molecular flexibility index (Phi) is 6.45. The Labute approximate surface area is 177 Å². The van der Waals surface area contributed by atoms with Crippen LogP contribution >= 0.6 is 0 Å². The Morgan fingerprint density at radius 2 is 1.77 bits per heavy atom. The normalized spacial score (nSPS) is 13.3. The van der Waals surface area contributed by atoms with E-state index in [2.05, 4.69) is 5.32 Å². The summed E-state index contributed by atoms with van der Waals surface area (Å²) in [5.74, 6) is 0.989. The first kappa shape index (κ1) is 21.4. The second-order valence-electron chi connectivity index (χ2n) is 7.66. The summed E-state index contributed by atoms with van der Waals surface area (Å²) in [4.78, 5) is 27.3. The number of ketones is 1. The van der Waals surface area contributed by atoms with Crippen molar-refractivity contribution >= 4 is 23.5 Å². The fourth-order valence-corrected chi connectivity index (χ4v) is 3.37. The molecule has 2 aromatic rings. The molecule has 0 radical (unpaired) electrons. The van der Waals surface area contributed by atoms with Gasteiger partial charge in [-0.2, -0.15) is 0 Å². The van der Waals surface area contributed by atoms with Crippen molar-refractivity contribution in [1.82, 2.24) is 4.90 Å². The third-order valence-corrected chi connectivity index (χ3v) is 5.21. The van der Waals surface area contributed by atoms with Gasteiger partial charge in [0.25, 0.3) is 0 Å². The molecule has 6 heteroatoms. The maximum atomic E-state index is 13.3. The highest BCUT2D eigenvalue weighted by Crippen LogP contribution is 2.34. The van der Waals surface area contributed by atoms with Crippen molar-refractivity contribution in [3.8, 4) is 11.5 Å². The molecule has 1 aliphatic rings. The van der Waals surface area contributed by atoms with Crippen LogP contribution in [0.4, 0.5) is 5.69 Å². The van der Waals surface area contributed by atoms with Crippen LogP contribution in [0.2, 0.25) is 0 Å². The molecule has 1 aliphatic heterocycles. The predicted octanol–water partition coefficient (Wildman–Crippen LogP) is 4.01. The summed E-state index contributed by atoms with van der Waals surface area (Å²) in [6, 6.07) is 10.9. The average molecular weight is 408 g/mol. The first-order chi connectivity index (χ1) is 14.3. The van der Waals surface area contributed by atoms with Crippen molar-refractivity contribution in [2.45, 2.75) is 20.3 Å². The smallest absolute Gasteiger partial charge is 0.226 e. The van der Waals surface area contributed by atoms with Crippen LogP contribution in [0.1, 0.15) is 35.3 Å². The number of carbonyl (C=O) groups excluding carboxylic acids is 2. The van der Waals surface area contributed by atoms with Crippen LogP contribution < -0.4 is 14.8 Å². The van der Waals surface area contributed by atoms with E-state index >= 15 is 0 Å². The van der Waals surface area contributed by atoms with Gasteiger partial charge < -0.3 is 19.7 Å². The summed E-state index contributed by atoms with van der Waals surface area (Å²) in [6.45, 7) is 4.36. The van der Waals surface area contributed by atoms with Crippen molar-refractivity contribution in [3.05, 3.63) is 58.8 Å². The van der Waals surface area contributed by atoms with E-state index < -0.39 is 0 Å². The topological polar surface area (TPSA) is 67.9 Å². The molecule has 0 unspecified atom stereocenters. The van der Waals surface area contributed by atoms with Gasteiger partial charge in [0.1, 0.15) is 0 Å². The van der Waals surface area contributed by atoms with Gasteiger partial charge in [-0.15, -0.1) is 0 Å². The second kappa shape index (κ2) is 9.03. The van der Waals surface area contributed by atoms with E-state index in [4.69, 9.17) is 9.47 Å². The lowest BCUT2D eigenvalue weighted by atomic mass is 10.0. The second-order valence-corrected chi connectivity index (χ2v) is 7.66. The fourth-order valence-electron chi connectivity index (χ4n) is 3.37. The monoisotopic (exact) mass is 408 g/mol. The van der Waals surface area contributed by atoms with Crippen molar-refractivity contribution in [3.63, 3.8) is 0 Å². The molecule has 1 N–H and O–H groups in total. The molecule has 6 nitrogen and oxygen atoms in total. The van der Waals surface area contributed by atoms with Crippen LogP contribution in [0.25, 0.3) is 6.08 Å². The largest absolute Gasteiger partial charge is 0.493 e.